The van der Waals surface area contributed by atoms with E-state index in [9.17, 15) is 4.79 Å². The number of nitrogens with zero attached hydrogens (tertiary/aromatic N) is 1. The molecule has 0 radical (unpaired) electrons. The lowest BCUT2D eigenvalue weighted by atomic mass is 10.1. The van der Waals surface area contributed by atoms with Gasteiger partial charge in [0.2, 0.25) is 0 Å². The third-order valence-corrected chi connectivity index (χ3v) is 2.42. The molecule has 21 heavy (non-hydrogen) atoms. The molecule has 4 N–H and O–H groups in total. The lowest BCUT2D eigenvalue weighted by Crippen LogP contribution is -2.14. The molecule has 2 aromatic rings. The average Bonchev–Trinajstić information content (AvgIpc) is 2.55. The number of nitrogens with two attached hydrogens (primary N) is 2. The molecular formula is C16H19N3O2. The molecule has 0 heterocycles. The molecule has 0 aliphatic carbocycles. The van der Waals surface area contributed by atoms with Gasteiger partial charge in [-0.2, -0.15) is 0 Å². The van der Waals surface area contributed by atoms with Crippen molar-refractivity contribution in [3.05, 3.63) is 71.8 Å². The molecule has 2 aromatic carbocycles. The smallest absolute Gasteiger partial charge is 0.332 e. The fourth-order valence-corrected chi connectivity index (χ4v) is 1.36. The Kier molecular flexibility index (Phi) is 7.24. The van der Waals surface area contributed by atoms with Gasteiger partial charge in [0, 0.05) is 19.0 Å². The van der Waals surface area contributed by atoms with Gasteiger partial charge in [-0.25, -0.2) is 4.79 Å². The van der Waals surface area contributed by atoms with Crippen LogP contribution in [-0.2, 0) is 16.2 Å². The van der Waals surface area contributed by atoms with Crippen LogP contribution in [0.25, 0.3) is 0 Å². The summed E-state index contributed by atoms with van der Waals surface area (Å²) in [4.78, 5) is 14.9. The van der Waals surface area contributed by atoms with Gasteiger partial charge >= 0.3 is 5.97 Å². The normalized spacial score (nSPS) is 10.3. The zero-order valence-electron chi connectivity index (χ0n) is 11.9. The fraction of sp³-hybridized carbons (Fsp3) is 0.125. The van der Waals surface area contributed by atoms with E-state index in [2.05, 4.69) is 9.99 Å². The minimum atomic E-state index is -0.503. The summed E-state index contributed by atoms with van der Waals surface area (Å²) < 4.78 is 0. The molecule has 0 saturated heterocycles. The highest BCUT2D eigenvalue weighted by Gasteiger charge is 1.99. The van der Waals surface area contributed by atoms with Gasteiger partial charge in [-0.3, -0.25) is 0 Å². The van der Waals surface area contributed by atoms with Gasteiger partial charge in [-0.15, -0.1) is 0 Å². The van der Waals surface area contributed by atoms with Crippen molar-refractivity contribution in [2.24, 2.45) is 16.6 Å². The first-order valence-corrected chi connectivity index (χ1v) is 6.44. The van der Waals surface area contributed by atoms with Crippen molar-refractivity contribution in [3.63, 3.8) is 0 Å². The number of benzene rings is 2. The average molecular weight is 285 g/mol. The minimum absolute atomic E-state index is 0.161. The van der Waals surface area contributed by atoms with Crippen molar-refractivity contribution < 1.29 is 9.63 Å². The van der Waals surface area contributed by atoms with Gasteiger partial charge < -0.3 is 16.3 Å². The number of oxime groups is 1. The lowest BCUT2D eigenvalue weighted by molar-refractivity contribution is -0.140. The predicted octanol–water partition coefficient (Wildman–Crippen LogP) is 2.02. The van der Waals surface area contributed by atoms with E-state index in [1.807, 2.05) is 48.5 Å². The summed E-state index contributed by atoms with van der Waals surface area (Å²) in [6.45, 7) is 1.73. The zero-order valence-corrected chi connectivity index (χ0v) is 11.9. The Balaban J connectivity index is 0.000000304. The van der Waals surface area contributed by atoms with Crippen molar-refractivity contribution in [1.29, 1.82) is 0 Å². The SMILES string of the molecule is CC(=O)O/N=C(\N)c1ccc(CN)cc1.c1ccccc1. The molecule has 5 heteroatoms. The van der Waals surface area contributed by atoms with Crippen molar-refractivity contribution >= 4 is 11.8 Å². The van der Waals surface area contributed by atoms with Crippen LogP contribution in [0.3, 0.4) is 0 Å². The van der Waals surface area contributed by atoms with Gasteiger partial charge in [0.1, 0.15) is 0 Å². The summed E-state index contributed by atoms with van der Waals surface area (Å²) in [6.07, 6.45) is 0. The van der Waals surface area contributed by atoms with E-state index in [0.717, 1.165) is 5.56 Å². The van der Waals surface area contributed by atoms with E-state index in [0.29, 0.717) is 12.1 Å². The largest absolute Gasteiger partial charge is 0.380 e. The van der Waals surface area contributed by atoms with Crippen LogP contribution in [0.2, 0.25) is 0 Å². The Bertz CT molecular complexity index is 539. The van der Waals surface area contributed by atoms with Crippen molar-refractivity contribution in [2.75, 3.05) is 0 Å². The summed E-state index contributed by atoms with van der Waals surface area (Å²) in [6, 6.07) is 19.2. The number of rotatable bonds is 3. The van der Waals surface area contributed by atoms with E-state index in [4.69, 9.17) is 11.5 Å². The molecule has 5 nitrogen and oxygen atoms in total. The number of carbonyl (C=O) groups excluding carboxylic acids is 1. The van der Waals surface area contributed by atoms with E-state index < -0.39 is 5.97 Å². The van der Waals surface area contributed by atoms with Crippen LogP contribution in [0.15, 0.2) is 65.8 Å². The first-order chi connectivity index (χ1) is 10.1. The summed E-state index contributed by atoms with van der Waals surface area (Å²) in [5.41, 5.74) is 12.7. The van der Waals surface area contributed by atoms with Crippen LogP contribution in [0.4, 0.5) is 0 Å². The second kappa shape index (κ2) is 9.28. The number of amidine groups is 1. The molecule has 0 aromatic heterocycles. The first-order valence-electron chi connectivity index (χ1n) is 6.44. The van der Waals surface area contributed by atoms with Crippen molar-refractivity contribution in [3.8, 4) is 0 Å². The van der Waals surface area contributed by atoms with Crippen LogP contribution in [0.5, 0.6) is 0 Å². The van der Waals surface area contributed by atoms with Crippen LogP contribution in [0.1, 0.15) is 18.1 Å². The molecule has 0 spiro atoms. The Morgan fingerprint density at radius 2 is 1.52 bits per heavy atom. The molecule has 0 amide bonds. The molecule has 0 saturated carbocycles. The molecule has 2 rings (SSSR count). The van der Waals surface area contributed by atoms with Gasteiger partial charge in [0.05, 0.1) is 0 Å². The lowest BCUT2D eigenvalue weighted by Gasteiger charge is -2.01. The summed E-state index contributed by atoms with van der Waals surface area (Å²) in [5, 5.41) is 3.46. The Morgan fingerprint density at radius 3 is 1.90 bits per heavy atom. The highest BCUT2D eigenvalue weighted by molar-refractivity contribution is 5.97. The molecule has 0 bridgehead atoms. The summed E-state index contributed by atoms with van der Waals surface area (Å²) in [5.74, 6) is -0.342. The standard InChI is InChI=1S/C10H13N3O2.C6H6/c1-7(14)15-13-10(12)9-4-2-8(6-11)3-5-9;1-2-4-6-5-3-1/h2-5H,6,11H2,1H3,(H2,12,13);1-6H. The highest BCUT2D eigenvalue weighted by Crippen LogP contribution is 2.03. The maximum Gasteiger partial charge on any atom is 0.332 e. The third kappa shape index (κ3) is 6.89. The Labute approximate surface area is 124 Å². The monoisotopic (exact) mass is 285 g/mol. The van der Waals surface area contributed by atoms with Gasteiger partial charge in [-0.1, -0.05) is 65.8 Å². The number of hydrogen-bond acceptors (Lipinski definition) is 4. The maximum atomic E-state index is 10.5. The Hall–Kier alpha value is -2.66. The predicted molar refractivity (Wildman–Crippen MR) is 83.3 cm³/mol. The van der Waals surface area contributed by atoms with Gasteiger partial charge in [-0.05, 0) is 5.56 Å². The Morgan fingerprint density at radius 1 is 1.05 bits per heavy atom. The van der Waals surface area contributed by atoms with Crippen LogP contribution < -0.4 is 11.5 Å². The molecule has 0 aliphatic heterocycles. The van der Waals surface area contributed by atoms with E-state index in [1.54, 1.807) is 12.1 Å². The quantitative estimate of drug-likeness (QED) is 0.390. The highest BCUT2D eigenvalue weighted by atomic mass is 16.7. The molecule has 0 unspecified atom stereocenters. The molecule has 0 atom stereocenters. The minimum Gasteiger partial charge on any atom is -0.380 e. The second-order valence-corrected chi connectivity index (χ2v) is 4.12. The van der Waals surface area contributed by atoms with Crippen LogP contribution in [-0.4, -0.2) is 11.8 Å². The second-order valence-electron chi connectivity index (χ2n) is 4.12. The van der Waals surface area contributed by atoms with E-state index in [1.165, 1.54) is 6.92 Å². The van der Waals surface area contributed by atoms with E-state index in [-0.39, 0.29) is 5.84 Å². The third-order valence-electron chi connectivity index (χ3n) is 2.42. The van der Waals surface area contributed by atoms with Crippen LogP contribution in [0, 0.1) is 0 Å². The summed E-state index contributed by atoms with van der Waals surface area (Å²) in [7, 11) is 0. The zero-order chi connectivity index (χ0) is 15.5. The fourth-order valence-electron chi connectivity index (χ4n) is 1.36. The van der Waals surface area contributed by atoms with Gasteiger partial charge in [0.25, 0.3) is 0 Å². The molecular weight excluding hydrogens is 266 g/mol. The van der Waals surface area contributed by atoms with Gasteiger partial charge in [0.15, 0.2) is 5.84 Å². The van der Waals surface area contributed by atoms with E-state index >= 15 is 0 Å². The first kappa shape index (κ1) is 16.4. The van der Waals surface area contributed by atoms with Crippen LogP contribution >= 0.6 is 0 Å². The maximum absolute atomic E-state index is 10.5. The number of hydrogen-bond donors (Lipinski definition) is 2. The topological polar surface area (TPSA) is 90.7 Å². The van der Waals surface area contributed by atoms with Crippen molar-refractivity contribution in [2.45, 2.75) is 13.5 Å². The molecule has 0 fully saturated rings. The number of carbonyl (C=O) groups is 1. The summed E-state index contributed by atoms with van der Waals surface area (Å²) >= 11 is 0. The molecule has 0 aliphatic rings. The molecule has 110 valence electrons. The van der Waals surface area contributed by atoms with Crippen molar-refractivity contribution in [1.82, 2.24) is 0 Å².